The van der Waals surface area contributed by atoms with Crippen molar-refractivity contribution in [3.63, 3.8) is 0 Å². The number of hydrogen-bond donors (Lipinski definition) is 3. The van der Waals surface area contributed by atoms with Gasteiger partial charge in [-0.1, -0.05) is 24.6 Å². The predicted molar refractivity (Wildman–Crippen MR) is 140 cm³/mol. The lowest BCUT2D eigenvalue weighted by Crippen LogP contribution is -2.56. The van der Waals surface area contributed by atoms with E-state index in [0.29, 0.717) is 24.2 Å². The summed E-state index contributed by atoms with van der Waals surface area (Å²) >= 11 is 0. The molecule has 0 aliphatic carbocycles. The second-order valence-corrected chi connectivity index (χ2v) is 10.2. The molecular formula is C28H36N4O4. The lowest BCUT2D eigenvalue weighted by molar-refractivity contribution is -0.124. The van der Waals surface area contributed by atoms with Gasteiger partial charge >= 0.3 is 0 Å². The fourth-order valence-electron chi connectivity index (χ4n) is 5.63. The summed E-state index contributed by atoms with van der Waals surface area (Å²) in [5, 5.41) is 9.10. The Bertz CT molecular complexity index is 1150. The largest absolute Gasteiger partial charge is 0.497 e. The van der Waals surface area contributed by atoms with E-state index in [2.05, 4.69) is 33.8 Å². The van der Waals surface area contributed by atoms with E-state index in [1.54, 1.807) is 13.2 Å². The van der Waals surface area contributed by atoms with Gasteiger partial charge in [-0.3, -0.25) is 19.3 Å². The minimum Gasteiger partial charge on any atom is -0.497 e. The van der Waals surface area contributed by atoms with E-state index in [1.807, 2.05) is 37.3 Å². The molecule has 0 aromatic heterocycles. The van der Waals surface area contributed by atoms with Crippen LogP contribution in [-0.2, 0) is 14.4 Å². The molecule has 3 N–H and O–H groups in total. The van der Waals surface area contributed by atoms with E-state index >= 15 is 0 Å². The molecule has 0 saturated carbocycles. The highest BCUT2D eigenvalue weighted by atomic mass is 16.5. The lowest BCUT2D eigenvalue weighted by Gasteiger charge is -2.38. The molecule has 36 heavy (non-hydrogen) atoms. The van der Waals surface area contributed by atoms with Gasteiger partial charge in [-0.15, -0.1) is 0 Å². The number of nitrogens with zero attached hydrogens (tertiary/aromatic N) is 1. The number of amides is 3. The zero-order valence-electron chi connectivity index (χ0n) is 21.5. The standard InChI is InChI=1S/C28H36N4O4/c1-18-12-13-21(15-23(18)29-19(2)33)30-27(35)17-32-24(20-8-7-9-22(14-20)36-4)16-28(3)25(32)10-5-6-11-26(34)31-28/h7-9,12-15,24-25H,5-6,10-11,16-17H2,1-4H3,(H,29,33)(H,30,35)(H,31,34)/t24-,25-,28-/m0/s1. The molecule has 2 saturated heterocycles. The molecule has 2 aliphatic heterocycles. The molecule has 2 fully saturated rings. The van der Waals surface area contributed by atoms with Crippen LogP contribution >= 0.6 is 0 Å². The Morgan fingerprint density at radius 3 is 2.72 bits per heavy atom. The Kier molecular flexibility index (Phi) is 7.64. The maximum Gasteiger partial charge on any atom is 0.238 e. The van der Waals surface area contributed by atoms with E-state index in [-0.39, 0.29) is 36.3 Å². The molecule has 8 nitrogen and oxygen atoms in total. The van der Waals surface area contributed by atoms with Crippen molar-refractivity contribution < 1.29 is 19.1 Å². The molecule has 0 unspecified atom stereocenters. The summed E-state index contributed by atoms with van der Waals surface area (Å²) in [6.45, 7) is 5.65. The van der Waals surface area contributed by atoms with E-state index in [9.17, 15) is 14.4 Å². The Labute approximate surface area is 212 Å². The van der Waals surface area contributed by atoms with Gasteiger partial charge in [0.25, 0.3) is 0 Å². The molecule has 2 aromatic carbocycles. The first-order valence-corrected chi connectivity index (χ1v) is 12.6. The molecule has 192 valence electrons. The van der Waals surface area contributed by atoms with Crippen molar-refractivity contribution in [1.29, 1.82) is 0 Å². The number of hydrogen-bond acceptors (Lipinski definition) is 5. The summed E-state index contributed by atoms with van der Waals surface area (Å²) in [4.78, 5) is 39.7. The van der Waals surface area contributed by atoms with Gasteiger partial charge in [0.15, 0.2) is 0 Å². The number of fused-ring (bicyclic) bond motifs is 1. The Morgan fingerprint density at radius 2 is 1.97 bits per heavy atom. The van der Waals surface area contributed by atoms with Gasteiger partial charge < -0.3 is 20.7 Å². The fourth-order valence-corrected chi connectivity index (χ4v) is 5.63. The number of methoxy groups -OCH3 is 1. The monoisotopic (exact) mass is 492 g/mol. The van der Waals surface area contributed by atoms with Crippen molar-refractivity contribution in [3.05, 3.63) is 53.6 Å². The molecule has 0 spiro atoms. The van der Waals surface area contributed by atoms with Crippen molar-refractivity contribution in [2.75, 3.05) is 24.3 Å². The molecule has 0 radical (unpaired) electrons. The third-order valence-electron chi connectivity index (χ3n) is 7.35. The van der Waals surface area contributed by atoms with Crippen molar-refractivity contribution in [2.24, 2.45) is 0 Å². The van der Waals surface area contributed by atoms with Crippen LogP contribution in [0.1, 0.15) is 63.1 Å². The van der Waals surface area contributed by atoms with E-state index < -0.39 is 5.54 Å². The van der Waals surface area contributed by atoms with Crippen LogP contribution in [0.3, 0.4) is 0 Å². The van der Waals surface area contributed by atoms with Crippen LogP contribution in [0.25, 0.3) is 0 Å². The maximum absolute atomic E-state index is 13.3. The number of aryl methyl sites for hydroxylation is 1. The van der Waals surface area contributed by atoms with Crippen LogP contribution in [0.4, 0.5) is 11.4 Å². The Balaban J connectivity index is 1.61. The van der Waals surface area contributed by atoms with Gasteiger partial charge in [0, 0.05) is 36.8 Å². The fraction of sp³-hybridized carbons (Fsp3) is 0.464. The number of likely N-dealkylation sites (tertiary alicyclic amines) is 1. The highest BCUT2D eigenvalue weighted by Crippen LogP contribution is 2.45. The Hall–Kier alpha value is -3.39. The highest BCUT2D eigenvalue weighted by molar-refractivity contribution is 5.95. The number of rotatable bonds is 6. The molecule has 0 bridgehead atoms. The van der Waals surface area contributed by atoms with Crippen LogP contribution in [0.5, 0.6) is 5.75 Å². The highest BCUT2D eigenvalue weighted by Gasteiger charge is 2.51. The number of carbonyl (C=O) groups is 3. The molecule has 2 aliphatic rings. The molecule has 3 atom stereocenters. The van der Waals surface area contributed by atoms with Crippen molar-refractivity contribution >= 4 is 29.1 Å². The summed E-state index contributed by atoms with van der Waals surface area (Å²) < 4.78 is 5.46. The number of benzene rings is 2. The lowest BCUT2D eigenvalue weighted by atomic mass is 9.85. The second kappa shape index (κ2) is 10.7. The smallest absolute Gasteiger partial charge is 0.238 e. The third kappa shape index (κ3) is 5.70. The molecule has 2 aromatic rings. The van der Waals surface area contributed by atoms with Gasteiger partial charge in [-0.05, 0) is 68.5 Å². The van der Waals surface area contributed by atoms with Crippen LogP contribution in [-0.4, -0.2) is 47.9 Å². The van der Waals surface area contributed by atoms with Gasteiger partial charge in [0.05, 0.1) is 19.2 Å². The van der Waals surface area contributed by atoms with Crippen LogP contribution in [0, 0.1) is 6.92 Å². The number of ether oxygens (including phenoxy) is 1. The van der Waals surface area contributed by atoms with E-state index in [4.69, 9.17) is 4.74 Å². The van der Waals surface area contributed by atoms with Gasteiger partial charge in [-0.2, -0.15) is 0 Å². The van der Waals surface area contributed by atoms with Crippen LogP contribution in [0.15, 0.2) is 42.5 Å². The van der Waals surface area contributed by atoms with Gasteiger partial charge in [-0.25, -0.2) is 0 Å². The SMILES string of the molecule is COc1cccc([C@@H]2C[C@]3(C)NC(=O)CCCC[C@@H]3N2CC(=O)Nc2ccc(C)c(NC(C)=O)c2)c1. The van der Waals surface area contributed by atoms with Crippen molar-refractivity contribution in [3.8, 4) is 5.75 Å². The summed E-state index contributed by atoms with van der Waals surface area (Å²) in [5.74, 6) is 0.534. The zero-order chi connectivity index (χ0) is 25.9. The average molecular weight is 493 g/mol. The van der Waals surface area contributed by atoms with Crippen LogP contribution < -0.4 is 20.7 Å². The normalized spacial score (nSPS) is 24.2. The van der Waals surface area contributed by atoms with E-state index in [0.717, 1.165) is 36.1 Å². The topological polar surface area (TPSA) is 99.8 Å². The molecule has 2 heterocycles. The third-order valence-corrected chi connectivity index (χ3v) is 7.35. The number of anilines is 2. The average Bonchev–Trinajstić information content (AvgIpc) is 3.07. The van der Waals surface area contributed by atoms with Crippen molar-refractivity contribution in [1.82, 2.24) is 10.2 Å². The van der Waals surface area contributed by atoms with Gasteiger partial charge in [0.1, 0.15) is 5.75 Å². The van der Waals surface area contributed by atoms with Crippen molar-refractivity contribution in [2.45, 2.75) is 70.5 Å². The summed E-state index contributed by atoms with van der Waals surface area (Å²) in [7, 11) is 1.64. The zero-order valence-corrected chi connectivity index (χ0v) is 21.5. The first-order chi connectivity index (χ1) is 17.2. The molecular weight excluding hydrogens is 456 g/mol. The number of carbonyl (C=O) groups excluding carboxylic acids is 3. The van der Waals surface area contributed by atoms with E-state index in [1.165, 1.54) is 6.92 Å². The second-order valence-electron chi connectivity index (χ2n) is 10.2. The molecule has 3 amide bonds. The van der Waals surface area contributed by atoms with Crippen LogP contribution in [0.2, 0.25) is 0 Å². The first-order valence-electron chi connectivity index (χ1n) is 12.6. The molecule has 8 heteroatoms. The maximum atomic E-state index is 13.3. The summed E-state index contributed by atoms with van der Waals surface area (Å²) in [5.41, 5.74) is 2.84. The van der Waals surface area contributed by atoms with Gasteiger partial charge in [0.2, 0.25) is 17.7 Å². The summed E-state index contributed by atoms with van der Waals surface area (Å²) in [6.07, 6.45) is 3.94. The Morgan fingerprint density at radius 1 is 1.17 bits per heavy atom. The number of nitrogens with one attached hydrogen (secondary N) is 3. The summed E-state index contributed by atoms with van der Waals surface area (Å²) in [6, 6.07) is 13.4. The minimum absolute atomic E-state index is 0.0247. The first kappa shape index (κ1) is 25.7. The predicted octanol–water partition coefficient (Wildman–Crippen LogP) is 4.17. The quantitative estimate of drug-likeness (QED) is 0.562. The minimum atomic E-state index is -0.437. The molecule has 4 rings (SSSR count).